The minimum Gasteiger partial charge on any atom is -0.380 e. The third kappa shape index (κ3) is 2.99. The van der Waals surface area contributed by atoms with Gasteiger partial charge in [-0.3, -0.25) is 0 Å². The molecule has 1 unspecified atom stereocenters. The van der Waals surface area contributed by atoms with Crippen molar-refractivity contribution in [3.8, 4) is 0 Å². The van der Waals surface area contributed by atoms with Gasteiger partial charge in [0.2, 0.25) is 0 Å². The molecule has 2 aliphatic carbocycles. The largest absolute Gasteiger partial charge is 0.417 e. The van der Waals surface area contributed by atoms with Gasteiger partial charge in [0, 0.05) is 10.6 Å². The number of aliphatic hydroxyl groups is 1. The Hall–Kier alpha value is -1.78. The second kappa shape index (κ2) is 6.68. The maximum atomic E-state index is 14.2. The van der Waals surface area contributed by atoms with Crippen molar-refractivity contribution >= 4 is 22.7 Å². The number of rotatable bonds is 2. The van der Waals surface area contributed by atoms with Crippen LogP contribution in [0.5, 0.6) is 0 Å². The van der Waals surface area contributed by atoms with Gasteiger partial charge in [0.05, 0.1) is 5.57 Å². The molecule has 27 heavy (non-hydrogen) atoms. The van der Waals surface area contributed by atoms with Gasteiger partial charge in [-0.05, 0) is 47.6 Å². The Morgan fingerprint density at radius 2 is 1.56 bits per heavy atom. The first kappa shape index (κ1) is 18.6. The number of benzene rings is 2. The van der Waals surface area contributed by atoms with E-state index < -0.39 is 17.4 Å². The Balaban J connectivity index is 2.02. The van der Waals surface area contributed by atoms with Crippen LogP contribution in [0.4, 0.5) is 13.2 Å². The van der Waals surface area contributed by atoms with Crippen molar-refractivity contribution in [2.75, 3.05) is 0 Å². The molecule has 0 saturated heterocycles. The first-order valence-corrected chi connectivity index (χ1v) is 9.61. The van der Waals surface area contributed by atoms with E-state index in [1.54, 1.807) is 42.5 Å². The molecule has 142 valence electrons. The summed E-state index contributed by atoms with van der Waals surface area (Å²) < 4.78 is 42.5. The minimum atomic E-state index is -4.57. The summed E-state index contributed by atoms with van der Waals surface area (Å²) in [4.78, 5) is 0. The van der Waals surface area contributed by atoms with Crippen LogP contribution in [0.25, 0.3) is 11.1 Å². The number of fused-ring (bicyclic) bond motifs is 1. The fraction of sp³-hybridized carbons (Fsp3) is 0.364. The van der Waals surface area contributed by atoms with Gasteiger partial charge in [0.1, 0.15) is 5.60 Å². The van der Waals surface area contributed by atoms with Gasteiger partial charge < -0.3 is 5.11 Å². The molecule has 0 heterocycles. The molecule has 0 bridgehead atoms. The van der Waals surface area contributed by atoms with E-state index in [9.17, 15) is 18.3 Å². The van der Waals surface area contributed by atoms with Crippen molar-refractivity contribution < 1.29 is 18.3 Å². The highest BCUT2D eigenvalue weighted by Crippen LogP contribution is 2.59. The van der Waals surface area contributed by atoms with Crippen LogP contribution in [0, 0.1) is 5.92 Å². The summed E-state index contributed by atoms with van der Waals surface area (Å²) >= 11 is 5.95. The van der Waals surface area contributed by atoms with E-state index in [-0.39, 0.29) is 17.1 Å². The molecule has 0 aromatic heterocycles. The molecule has 1 atom stereocenters. The molecule has 2 aromatic rings. The maximum Gasteiger partial charge on any atom is 0.417 e. The van der Waals surface area contributed by atoms with E-state index >= 15 is 0 Å². The number of halogens is 4. The molecule has 0 spiro atoms. The predicted octanol–water partition coefficient (Wildman–Crippen LogP) is 6.59. The molecule has 0 aliphatic heterocycles. The van der Waals surface area contributed by atoms with E-state index in [4.69, 9.17) is 11.6 Å². The van der Waals surface area contributed by atoms with Crippen molar-refractivity contribution in [2.24, 2.45) is 5.92 Å². The lowest BCUT2D eigenvalue weighted by Crippen LogP contribution is -2.36. The van der Waals surface area contributed by atoms with Gasteiger partial charge in [-0.15, -0.1) is 0 Å². The van der Waals surface area contributed by atoms with Crippen LogP contribution in [-0.2, 0) is 5.60 Å². The molecular weight excluding hydrogens is 373 g/mol. The van der Waals surface area contributed by atoms with Crippen LogP contribution in [0.1, 0.15) is 48.8 Å². The summed E-state index contributed by atoms with van der Waals surface area (Å²) in [6, 6.07) is 12.7. The van der Waals surface area contributed by atoms with Gasteiger partial charge >= 0.3 is 6.18 Å². The quantitative estimate of drug-likeness (QED) is 0.610. The number of allylic oxidation sites excluding steroid dienone is 1. The van der Waals surface area contributed by atoms with Crippen LogP contribution < -0.4 is 0 Å². The lowest BCUT2D eigenvalue weighted by Gasteiger charge is -2.39. The van der Waals surface area contributed by atoms with E-state index in [2.05, 4.69) is 0 Å². The van der Waals surface area contributed by atoms with Crippen molar-refractivity contribution in [3.05, 3.63) is 70.2 Å². The highest BCUT2D eigenvalue weighted by Gasteiger charge is 2.55. The van der Waals surface area contributed by atoms with Crippen molar-refractivity contribution in [2.45, 2.75) is 43.9 Å². The zero-order chi connectivity index (χ0) is 19.2. The zero-order valence-electron chi connectivity index (χ0n) is 14.7. The lowest BCUT2D eigenvalue weighted by atomic mass is 9.70. The lowest BCUT2D eigenvalue weighted by molar-refractivity contribution is -0.0689. The fourth-order valence-electron chi connectivity index (χ4n) is 4.71. The molecule has 0 amide bonds. The molecule has 2 aliphatic rings. The molecule has 1 N–H and O–H groups in total. The van der Waals surface area contributed by atoms with Gasteiger partial charge in [-0.1, -0.05) is 67.3 Å². The van der Waals surface area contributed by atoms with E-state index in [1.165, 1.54) is 6.07 Å². The van der Waals surface area contributed by atoms with Crippen molar-refractivity contribution in [1.82, 2.24) is 0 Å². The molecule has 1 saturated carbocycles. The summed E-state index contributed by atoms with van der Waals surface area (Å²) in [7, 11) is 0. The van der Waals surface area contributed by atoms with Crippen LogP contribution in [-0.4, -0.2) is 11.3 Å². The van der Waals surface area contributed by atoms with Gasteiger partial charge in [-0.25, -0.2) is 0 Å². The molecular formula is C22H20ClF3O. The van der Waals surface area contributed by atoms with Crippen LogP contribution in [0.15, 0.2) is 48.5 Å². The van der Waals surface area contributed by atoms with Gasteiger partial charge in [-0.2, -0.15) is 13.2 Å². The Labute approximate surface area is 161 Å². The molecule has 2 aromatic carbocycles. The summed E-state index contributed by atoms with van der Waals surface area (Å²) in [6.45, 7) is 0. The topological polar surface area (TPSA) is 20.2 Å². The van der Waals surface area contributed by atoms with Crippen molar-refractivity contribution in [3.63, 3.8) is 0 Å². The highest BCUT2D eigenvalue weighted by atomic mass is 35.5. The molecule has 1 fully saturated rings. The summed E-state index contributed by atoms with van der Waals surface area (Å²) in [5.41, 5.74) is -1.57. The monoisotopic (exact) mass is 392 g/mol. The molecule has 5 heteroatoms. The Kier molecular flexibility index (Phi) is 4.59. The molecule has 4 rings (SSSR count). The number of alkyl halides is 3. The third-order valence-corrected chi connectivity index (χ3v) is 6.10. The third-order valence-electron chi connectivity index (χ3n) is 5.85. The summed E-state index contributed by atoms with van der Waals surface area (Å²) in [5, 5.41) is 12.3. The second-order valence-corrected chi connectivity index (χ2v) is 7.84. The van der Waals surface area contributed by atoms with Crippen LogP contribution in [0.3, 0.4) is 0 Å². The van der Waals surface area contributed by atoms with Crippen LogP contribution >= 0.6 is 11.6 Å². The normalized spacial score (nSPS) is 23.6. The maximum absolute atomic E-state index is 14.2. The minimum absolute atomic E-state index is 0.0280. The summed E-state index contributed by atoms with van der Waals surface area (Å²) in [5.74, 6) is -0.238. The standard InChI is InChI=1S/C22H20ClF3O/c23-16-12-10-14(11-13-16)19-20(22(24,25)26)17-8-4-5-9-18(17)21(19,27)15-6-2-1-3-7-15/h4-5,8-13,15,27H,1-3,6-7H2. The zero-order valence-corrected chi connectivity index (χ0v) is 15.4. The average molecular weight is 393 g/mol. The Bertz CT molecular complexity index is 879. The fourth-order valence-corrected chi connectivity index (χ4v) is 4.84. The average Bonchev–Trinajstić information content (AvgIpc) is 2.94. The molecule has 1 nitrogen and oxygen atoms in total. The summed E-state index contributed by atoms with van der Waals surface area (Å²) in [6.07, 6.45) is -0.237. The van der Waals surface area contributed by atoms with Gasteiger partial charge in [0.15, 0.2) is 0 Å². The first-order valence-electron chi connectivity index (χ1n) is 9.23. The smallest absolute Gasteiger partial charge is 0.380 e. The van der Waals surface area contributed by atoms with Gasteiger partial charge in [0.25, 0.3) is 0 Å². The van der Waals surface area contributed by atoms with E-state index in [0.717, 1.165) is 19.3 Å². The first-order chi connectivity index (χ1) is 12.8. The van der Waals surface area contributed by atoms with E-state index in [0.29, 0.717) is 29.0 Å². The SMILES string of the molecule is OC1(C2CCCCC2)C(c2ccc(Cl)cc2)=C(C(F)(F)F)c2ccccc21. The Morgan fingerprint density at radius 1 is 0.926 bits per heavy atom. The van der Waals surface area contributed by atoms with Crippen molar-refractivity contribution in [1.29, 1.82) is 0 Å². The number of hydrogen-bond donors (Lipinski definition) is 1. The van der Waals surface area contributed by atoms with Crippen LogP contribution in [0.2, 0.25) is 5.02 Å². The van der Waals surface area contributed by atoms with E-state index in [1.807, 2.05) is 0 Å². The highest BCUT2D eigenvalue weighted by molar-refractivity contribution is 6.30. The number of hydrogen-bond acceptors (Lipinski definition) is 1. The Morgan fingerprint density at radius 3 is 2.19 bits per heavy atom. The predicted molar refractivity (Wildman–Crippen MR) is 101 cm³/mol. The second-order valence-electron chi connectivity index (χ2n) is 7.40. The molecule has 0 radical (unpaired) electrons.